The van der Waals surface area contributed by atoms with Crippen LogP contribution in [-0.4, -0.2) is 24.5 Å². The molecule has 0 aliphatic carbocycles. The summed E-state index contributed by atoms with van der Waals surface area (Å²) in [6.07, 6.45) is 0.856. The van der Waals surface area contributed by atoms with Gasteiger partial charge in [-0.25, -0.2) is 0 Å². The largest absolute Gasteiger partial charge is 0.490 e. The molecule has 0 bridgehead atoms. The molecule has 92 valence electrons. The number of rotatable bonds is 2. The molecular formula is C12H14ClNO3. The predicted molar refractivity (Wildman–Crippen MR) is 66.0 cm³/mol. The van der Waals surface area contributed by atoms with Crippen LogP contribution in [0, 0.1) is 0 Å². The smallest absolute Gasteiger partial charge is 0.242 e. The molecule has 1 amide bonds. The summed E-state index contributed by atoms with van der Waals surface area (Å²) in [5.74, 6) is 1.13. The molecule has 0 radical (unpaired) electrons. The Kier molecular flexibility index (Phi) is 3.74. The molecule has 1 unspecified atom stereocenters. The van der Waals surface area contributed by atoms with Crippen molar-refractivity contribution < 1.29 is 14.3 Å². The molecule has 1 aromatic carbocycles. The molecule has 1 aromatic rings. The maximum atomic E-state index is 11.4. The van der Waals surface area contributed by atoms with Crippen LogP contribution < -0.4 is 14.8 Å². The molecule has 1 aliphatic heterocycles. The third kappa shape index (κ3) is 3.03. The third-order valence-electron chi connectivity index (χ3n) is 2.38. The zero-order valence-corrected chi connectivity index (χ0v) is 10.3. The Morgan fingerprint density at radius 3 is 2.76 bits per heavy atom. The summed E-state index contributed by atoms with van der Waals surface area (Å²) in [5, 5.41) is 2.14. The SMILES string of the molecule is CC(Cl)C(=O)Nc1ccc2c(c1)OCCCO2. The van der Waals surface area contributed by atoms with Crippen LogP contribution in [0.2, 0.25) is 0 Å². The summed E-state index contributed by atoms with van der Waals surface area (Å²) in [5.41, 5.74) is 0.659. The van der Waals surface area contributed by atoms with Crippen LogP contribution in [0.4, 0.5) is 5.69 Å². The number of anilines is 1. The number of carbonyl (C=O) groups is 1. The molecule has 0 aromatic heterocycles. The van der Waals surface area contributed by atoms with Crippen LogP contribution in [0.25, 0.3) is 0 Å². The highest BCUT2D eigenvalue weighted by Crippen LogP contribution is 2.32. The first-order valence-corrected chi connectivity index (χ1v) is 5.95. The molecule has 1 aliphatic rings. The third-order valence-corrected chi connectivity index (χ3v) is 2.57. The second kappa shape index (κ2) is 5.27. The average Bonchev–Trinajstić information content (AvgIpc) is 2.53. The highest BCUT2D eigenvalue weighted by Gasteiger charge is 2.13. The first-order valence-electron chi connectivity index (χ1n) is 5.51. The van der Waals surface area contributed by atoms with E-state index >= 15 is 0 Å². The van der Waals surface area contributed by atoms with Gasteiger partial charge in [0, 0.05) is 18.2 Å². The van der Waals surface area contributed by atoms with Crippen molar-refractivity contribution in [2.24, 2.45) is 0 Å². The molecule has 2 rings (SSSR count). The van der Waals surface area contributed by atoms with E-state index < -0.39 is 5.38 Å². The number of nitrogens with one attached hydrogen (secondary N) is 1. The average molecular weight is 256 g/mol. The van der Waals surface area contributed by atoms with E-state index in [0.29, 0.717) is 30.4 Å². The zero-order chi connectivity index (χ0) is 12.3. The van der Waals surface area contributed by atoms with Gasteiger partial charge in [0.15, 0.2) is 11.5 Å². The molecule has 0 fully saturated rings. The lowest BCUT2D eigenvalue weighted by Gasteiger charge is -2.10. The molecule has 5 heteroatoms. The van der Waals surface area contributed by atoms with Gasteiger partial charge in [0.2, 0.25) is 5.91 Å². The van der Waals surface area contributed by atoms with Gasteiger partial charge in [-0.05, 0) is 19.1 Å². The van der Waals surface area contributed by atoms with E-state index in [4.69, 9.17) is 21.1 Å². The first kappa shape index (κ1) is 12.0. The van der Waals surface area contributed by atoms with E-state index in [1.165, 1.54) is 0 Å². The van der Waals surface area contributed by atoms with E-state index in [1.54, 1.807) is 25.1 Å². The molecular weight excluding hydrogens is 242 g/mol. The minimum absolute atomic E-state index is 0.235. The number of hydrogen-bond donors (Lipinski definition) is 1. The van der Waals surface area contributed by atoms with Gasteiger partial charge in [-0.3, -0.25) is 4.79 Å². The number of halogens is 1. The van der Waals surface area contributed by atoms with E-state index in [1.807, 2.05) is 0 Å². The lowest BCUT2D eigenvalue weighted by atomic mass is 10.2. The van der Waals surface area contributed by atoms with Crippen LogP contribution in [-0.2, 0) is 4.79 Å². The van der Waals surface area contributed by atoms with Gasteiger partial charge < -0.3 is 14.8 Å². The van der Waals surface area contributed by atoms with Crippen LogP contribution in [0.1, 0.15) is 13.3 Å². The molecule has 17 heavy (non-hydrogen) atoms. The van der Waals surface area contributed by atoms with Crippen molar-refractivity contribution in [3.63, 3.8) is 0 Å². The van der Waals surface area contributed by atoms with Crippen molar-refractivity contribution in [1.82, 2.24) is 0 Å². The van der Waals surface area contributed by atoms with Crippen molar-refractivity contribution in [2.75, 3.05) is 18.5 Å². The zero-order valence-electron chi connectivity index (χ0n) is 9.53. The van der Waals surface area contributed by atoms with Crippen molar-refractivity contribution in [3.8, 4) is 11.5 Å². The predicted octanol–water partition coefficient (Wildman–Crippen LogP) is 2.41. The molecule has 0 saturated carbocycles. The number of alkyl halides is 1. The maximum absolute atomic E-state index is 11.4. The molecule has 0 spiro atoms. The molecule has 1 heterocycles. The van der Waals surface area contributed by atoms with E-state index in [0.717, 1.165) is 6.42 Å². The van der Waals surface area contributed by atoms with Gasteiger partial charge in [-0.2, -0.15) is 0 Å². The highest BCUT2D eigenvalue weighted by atomic mass is 35.5. The second-order valence-electron chi connectivity index (χ2n) is 3.82. The number of ether oxygens (including phenoxy) is 2. The van der Waals surface area contributed by atoms with Crippen molar-refractivity contribution >= 4 is 23.2 Å². The normalized spacial score (nSPS) is 15.9. The standard InChI is InChI=1S/C12H14ClNO3/c1-8(13)12(15)14-9-3-4-10-11(7-9)17-6-2-5-16-10/h3-4,7-8H,2,5-6H2,1H3,(H,14,15). The lowest BCUT2D eigenvalue weighted by Crippen LogP contribution is -2.20. The van der Waals surface area contributed by atoms with Crippen molar-refractivity contribution in [2.45, 2.75) is 18.7 Å². The molecule has 1 atom stereocenters. The van der Waals surface area contributed by atoms with Crippen molar-refractivity contribution in [1.29, 1.82) is 0 Å². The first-order chi connectivity index (χ1) is 8.16. The fourth-order valence-corrected chi connectivity index (χ4v) is 1.54. The van der Waals surface area contributed by atoms with E-state index in [-0.39, 0.29) is 5.91 Å². The van der Waals surface area contributed by atoms with E-state index in [2.05, 4.69) is 5.32 Å². The summed E-state index contributed by atoms with van der Waals surface area (Å²) in [6.45, 7) is 2.90. The molecule has 0 saturated heterocycles. The Morgan fingerprint density at radius 1 is 1.35 bits per heavy atom. The topological polar surface area (TPSA) is 47.6 Å². The fraction of sp³-hybridized carbons (Fsp3) is 0.417. The van der Waals surface area contributed by atoms with Gasteiger partial charge in [0.25, 0.3) is 0 Å². The Bertz CT molecular complexity index is 420. The fourth-order valence-electron chi connectivity index (χ4n) is 1.48. The maximum Gasteiger partial charge on any atom is 0.242 e. The number of fused-ring (bicyclic) bond motifs is 1. The van der Waals surface area contributed by atoms with E-state index in [9.17, 15) is 4.79 Å². The minimum atomic E-state index is -0.564. The van der Waals surface area contributed by atoms with Gasteiger partial charge >= 0.3 is 0 Å². The number of benzene rings is 1. The monoisotopic (exact) mass is 255 g/mol. The van der Waals surface area contributed by atoms with Crippen molar-refractivity contribution in [3.05, 3.63) is 18.2 Å². The van der Waals surface area contributed by atoms with Gasteiger partial charge in [-0.15, -0.1) is 11.6 Å². The summed E-state index contributed by atoms with van der Waals surface area (Å²) >= 11 is 5.68. The Labute approximate surface area is 105 Å². The number of amides is 1. The Morgan fingerprint density at radius 2 is 2.06 bits per heavy atom. The van der Waals surface area contributed by atoms with Gasteiger partial charge in [0.1, 0.15) is 5.38 Å². The van der Waals surface area contributed by atoms with Gasteiger partial charge in [-0.1, -0.05) is 0 Å². The summed E-state index contributed by atoms with van der Waals surface area (Å²) < 4.78 is 11.0. The Hall–Kier alpha value is -1.42. The molecule has 4 nitrogen and oxygen atoms in total. The van der Waals surface area contributed by atoms with Crippen LogP contribution in [0.3, 0.4) is 0 Å². The van der Waals surface area contributed by atoms with Crippen LogP contribution in [0.15, 0.2) is 18.2 Å². The number of hydrogen-bond acceptors (Lipinski definition) is 3. The minimum Gasteiger partial charge on any atom is -0.490 e. The summed E-state index contributed by atoms with van der Waals surface area (Å²) in [4.78, 5) is 11.4. The van der Waals surface area contributed by atoms with Crippen LogP contribution >= 0.6 is 11.6 Å². The summed E-state index contributed by atoms with van der Waals surface area (Å²) in [7, 11) is 0. The lowest BCUT2D eigenvalue weighted by molar-refractivity contribution is -0.115. The summed E-state index contributed by atoms with van der Waals surface area (Å²) in [6, 6.07) is 5.30. The quantitative estimate of drug-likeness (QED) is 0.826. The van der Waals surface area contributed by atoms with Gasteiger partial charge in [0.05, 0.1) is 13.2 Å². The Balaban J connectivity index is 2.15. The molecule has 1 N–H and O–H groups in total. The van der Waals surface area contributed by atoms with Crippen LogP contribution in [0.5, 0.6) is 11.5 Å². The second-order valence-corrected chi connectivity index (χ2v) is 4.47. The number of carbonyl (C=O) groups excluding carboxylic acids is 1. The highest BCUT2D eigenvalue weighted by molar-refractivity contribution is 6.32.